The van der Waals surface area contributed by atoms with Crippen molar-refractivity contribution >= 4 is 5.97 Å². The molecule has 2 heterocycles. The van der Waals surface area contributed by atoms with Gasteiger partial charge in [0.2, 0.25) is 0 Å². The quantitative estimate of drug-likeness (QED) is 0.395. The molecule has 26 heavy (non-hydrogen) atoms. The van der Waals surface area contributed by atoms with Crippen LogP contribution in [-0.4, -0.2) is 11.0 Å². The van der Waals surface area contributed by atoms with Crippen LogP contribution >= 0.6 is 0 Å². The van der Waals surface area contributed by atoms with E-state index in [-0.39, 0.29) is 5.97 Å². The minimum Gasteiger partial charge on any atom is -0.482 e. The molecule has 0 amide bonds. The molecular formula is C22H27NO3. The molecule has 3 rings (SSSR count). The summed E-state index contributed by atoms with van der Waals surface area (Å²) in [7, 11) is 0. The van der Waals surface area contributed by atoms with Crippen LogP contribution in [0.2, 0.25) is 0 Å². The number of benzene rings is 1. The number of unbranched alkanes of at least 4 members (excludes halogenated alkanes) is 3. The number of hydrogen-bond acceptors (Lipinski definition) is 4. The molecule has 0 saturated carbocycles. The average molecular weight is 353 g/mol. The number of carbonyl (C=O) groups excluding carboxylic acids is 1. The van der Waals surface area contributed by atoms with Crippen molar-refractivity contribution in [1.29, 1.82) is 0 Å². The van der Waals surface area contributed by atoms with Crippen LogP contribution < -0.4 is 9.47 Å². The number of aryl methyl sites for hydroxylation is 1. The summed E-state index contributed by atoms with van der Waals surface area (Å²) in [5.41, 5.74) is 3.51. The molecule has 4 heteroatoms. The van der Waals surface area contributed by atoms with Crippen molar-refractivity contribution in [2.45, 2.75) is 65.4 Å². The first-order valence-corrected chi connectivity index (χ1v) is 9.41. The predicted molar refractivity (Wildman–Crippen MR) is 102 cm³/mol. The molecule has 0 unspecified atom stereocenters. The summed E-state index contributed by atoms with van der Waals surface area (Å²) in [6.07, 6.45) is 9.32. The van der Waals surface area contributed by atoms with Gasteiger partial charge in [0.25, 0.3) is 0 Å². The summed E-state index contributed by atoms with van der Waals surface area (Å²) in [6.45, 7) is 7.74. The highest BCUT2D eigenvalue weighted by Gasteiger charge is 2.35. The number of ether oxygens (including phenoxy) is 2. The number of rotatable bonds is 6. The van der Waals surface area contributed by atoms with E-state index in [1.165, 1.54) is 26.2 Å². The minimum atomic E-state index is -0.459. The van der Waals surface area contributed by atoms with Crippen LogP contribution in [0.4, 0.5) is 0 Å². The van der Waals surface area contributed by atoms with Crippen molar-refractivity contribution in [3.05, 3.63) is 41.7 Å². The maximum absolute atomic E-state index is 11.7. The Labute approximate surface area is 155 Å². The van der Waals surface area contributed by atoms with Gasteiger partial charge in [0, 0.05) is 30.4 Å². The Morgan fingerprint density at radius 2 is 2.04 bits per heavy atom. The van der Waals surface area contributed by atoms with E-state index in [0.29, 0.717) is 5.75 Å². The number of hydrogen-bond donors (Lipinski definition) is 0. The third-order valence-electron chi connectivity index (χ3n) is 4.80. The second-order valence-electron chi connectivity index (χ2n) is 7.41. The Morgan fingerprint density at radius 1 is 1.23 bits per heavy atom. The first-order valence-electron chi connectivity index (χ1n) is 9.41. The van der Waals surface area contributed by atoms with Gasteiger partial charge >= 0.3 is 5.97 Å². The smallest absolute Gasteiger partial charge is 0.308 e. The van der Waals surface area contributed by atoms with Gasteiger partial charge in [-0.15, -0.1) is 0 Å². The van der Waals surface area contributed by atoms with Crippen molar-refractivity contribution in [2.24, 2.45) is 0 Å². The lowest BCUT2D eigenvalue weighted by Gasteiger charge is -2.35. The highest BCUT2D eigenvalue weighted by atomic mass is 16.5. The summed E-state index contributed by atoms with van der Waals surface area (Å²) in [6, 6.07) is 6.03. The molecule has 4 nitrogen and oxygen atoms in total. The molecule has 1 aliphatic heterocycles. The van der Waals surface area contributed by atoms with Crippen molar-refractivity contribution in [3.63, 3.8) is 0 Å². The number of fused-ring (bicyclic) bond motifs is 3. The Morgan fingerprint density at radius 3 is 2.77 bits per heavy atom. The SMILES string of the molecule is CCCCCCc1cc(OC(C)=O)c2c(c1)OC(C)(C)c1ccncc1-2. The number of nitrogens with zero attached hydrogens (tertiary/aromatic N) is 1. The fraction of sp³-hybridized carbons (Fsp3) is 0.455. The molecule has 1 aromatic carbocycles. The van der Waals surface area contributed by atoms with Gasteiger partial charge < -0.3 is 9.47 Å². The highest BCUT2D eigenvalue weighted by molar-refractivity contribution is 5.84. The van der Waals surface area contributed by atoms with Crippen LogP contribution in [0.25, 0.3) is 11.1 Å². The monoisotopic (exact) mass is 353 g/mol. The zero-order chi connectivity index (χ0) is 18.7. The second-order valence-corrected chi connectivity index (χ2v) is 7.41. The van der Waals surface area contributed by atoms with Gasteiger partial charge in [-0.05, 0) is 50.5 Å². The molecule has 2 aromatic rings. The first kappa shape index (κ1) is 18.4. The van der Waals surface area contributed by atoms with Gasteiger partial charge in [0.05, 0.1) is 5.56 Å². The van der Waals surface area contributed by atoms with Gasteiger partial charge in [0.15, 0.2) is 0 Å². The summed E-state index contributed by atoms with van der Waals surface area (Å²) < 4.78 is 11.9. The Balaban J connectivity index is 2.05. The lowest BCUT2D eigenvalue weighted by Crippen LogP contribution is -2.29. The Kier molecular flexibility index (Phi) is 5.30. The fourth-order valence-electron chi connectivity index (χ4n) is 3.57. The molecule has 1 aliphatic rings. The van der Waals surface area contributed by atoms with Crippen molar-refractivity contribution < 1.29 is 14.3 Å². The molecule has 0 bridgehead atoms. The van der Waals surface area contributed by atoms with Crippen LogP contribution in [0.5, 0.6) is 11.5 Å². The van der Waals surface area contributed by atoms with Crippen LogP contribution in [0.15, 0.2) is 30.6 Å². The van der Waals surface area contributed by atoms with Crippen molar-refractivity contribution in [3.8, 4) is 22.6 Å². The first-order chi connectivity index (χ1) is 12.4. The van der Waals surface area contributed by atoms with Gasteiger partial charge in [-0.2, -0.15) is 0 Å². The lowest BCUT2D eigenvalue weighted by atomic mass is 9.86. The lowest BCUT2D eigenvalue weighted by molar-refractivity contribution is -0.131. The van der Waals surface area contributed by atoms with Gasteiger partial charge in [-0.1, -0.05) is 26.2 Å². The minimum absolute atomic E-state index is 0.328. The molecule has 0 aliphatic carbocycles. The maximum Gasteiger partial charge on any atom is 0.308 e. The average Bonchev–Trinajstić information content (AvgIpc) is 2.57. The van der Waals surface area contributed by atoms with Crippen molar-refractivity contribution in [2.75, 3.05) is 0 Å². The van der Waals surface area contributed by atoms with Crippen LogP contribution in [0.3, 0.4) is 0 Å². The fourth-order valence-corrected chi connectivity index (χ4v) is 3.57. The molecule has 0 fully saturated rings. The van der Waals surface area contributed by atoms with Gasteiger partial charge in [-0.25, -0.2) is 0 Å². The number of carbonyl (C=O) groups is 1. The normalized spacial score (nSPS) is 14.2. The van der Waals surface area contributed by atoms with E-state index in [0.717, 1.165) is 40.8 Å². The van der Waals surface area contributed by atoms with E-state index in [1.807, 2.05) is 32.2 Å². The molecule has 0 spiro atoms. The van der Waals surface area contributed by atoms with Crippen LogP contribution in [-0.2, 0) is 16.8 Å². The van der Waals surface area contributed by atoms with Crippen LogP contribution in [0, 0.1) is 0 Å². The molecule has 0 atom stereocenters. The number of aromatic nitrogens is 1. The summed E-state index contributed by atoms with van der Waals surface area (Å²) in [4.78, 5) is 15.9. The standard InChI is InChI=1S/C22H27NO3/c1-5-6-7-8-9-16-12-19(25-15(2)24)21-17-14-23-11-10-18(17)22(3,4)26-20(21)13-16/h10-14H,5-9H2,1-4H3. The number of pyridine rings is 1. The van der Waals surface area contributed by atoms with Crippen molar-refractivity contribution in [1.82, 2.24) is 4.98 Å². The molecule has 0 saturated heterocycles. The molecular weight excluding hydrogens is 326 g/mol. The van der Waals surface area contributed by atoms with E-state index in [2.05, 4.69) is 18.0 Å². The van der Waals surface area contributed by atoms with Gasteiger partial charge in [-0.3, -0.25) is 9.78 Å². The maximum atomic E-state index is 11.7. The zero-order valence-electron chi connectivity index (χ0n) is 16.1. The topological polar surface area (TPSA) is 48.4 Å². The van der Waals surface area contributed by atoms with Gasteiger partial charge in [0.1, 0.15) is 17.1 Å². The predicted octanol–water partition coefficient (Wildman–Crippen LogP) is 5.42. The summed E-state index contributed by atoms with van der Waals surface area (Å²) in [5.74, 6) is 0.996. The third-order valence-corrected chi connectivity index (χ3v) is 4.80. The molecule has 0 radical (unpaired) electrons. The summed E-state index contributed by atoms with van der Waals surface area (Å²) in [5, 5.41) is 0. The Bertz CT molecular complexity index is 811. The van der Waals surface area contributed by atoms with E-state index in [9.17, 15) is 4.79 Å². The Hall–Kier alpha value is -2.36. The third kappa shape index (κ3) is 3.74. The van der Waals surface area contributed by atoms with E-state index in [4.69, 9.17) is 9.47 Å². The molecule has 1 aromatic heterocycles. The van der Waals surface area contributed by atoms with E-state index < -0.39 is 5.60 Å². The molecule has 138 valence electrons. The molecule has 0 N–H and O–H groups in total. The highest BCUT2D eigenvalue weighted by Crippen LogP contribution is 2.49. The van der Waals surface area contributed by atoms with E-state index >= 15 is 0 Å². The second kappa shape index (κ2) is 7.48. The summed E-state index contributed by atoms with van der Waals surface area (Å²) >= 11 is 0. The zero-order valence-corrected chi connectivity index (χ0v) is 16.1. The largest absolute Gasteiger partial charge is 0.482 e. The van der Waals surface area contributed by atoms with E-state index in [1.54, 1.807) is 6.20 Å². The number of esters is 1. The van der Waals surface area contributed by atoms with Crippen LogP contribution in [0.1, 0.15) is 64.5 Å².